The van der Waals surface area contributed by atoms with Gasteiger partial charge in [0.15, 0.2) is 6.10 Å². The summed E-state index contributed by atoms with van der Waals surface area (Å²) < 4.78 is 5.40. The van der Waals surface area contributed by atoms with Crippen molar-refractivity contribution in [2.45, 2.75) is 104 Å². The third kappa shape index (κ3) is 4.75. The number of amides is 2. The molecule has 1 aliphatic heterocycles. The Kier molecular flexibility index (Phi) is 7.89. The molecule has 7 heteroatoms. The van der Waals surface area contributed by atoms with Gasteiger partial charge in [0, 0.05) is 18.5 Å². The molecule has 2 amide bonds. The van der Waals surface area contributed by atoms with E-state index in [1.165, 1.54) is 5.57 Å². The second kappa shape index (κ2) is 10.4. The summed E-state index contributed by atoms with van der Waals surface area (Å²) in [5.74, 6) is -0.124. The van der Waals surface area contributed by atoms with Crippen molar-refractivity contribution in [2.75, 3.05) is 6.54 Å². The molecule has 4 N–H and O–H groups in total. The molecule has 37 heavy (non-hydrogen) atoms. The number of hydrogen-bond acceptors (Lipinski definition) is 5. The van der Waals surface area contributed by atoms with E-state index in [1.807, 2.05) is 0 Å². The fourth-order valence-corrected chi connectivity index (χ4v) is 8.45. The molecule has 0 aromatic heterocycles. The van der Waals surface area contributed by atoms with Gasteiger partial charge in [0.05, 0.1) is 0 Å². The van der Waals surface area contributed by atoms with E-state index in [4.69, 9.17) is 4.74 Å². The first-order chi connectivity index (χ1) is 17.3. The van der Waals surface area contributed by atoms with Gasteiger partial charge >= 0.3 is 12.0 Å². The number of nitrogens with one attached hydrogen (secondary N) is 2. The molecular weight excluding hydrogens is 468 g/mol. The second-order valence-corrected chi connectivity index (χ2v) is 13.0. The Morgan fingerprint density at radius 1 is 1.27 bits per heavy atom. The van der Waals surface area contributed by atoms with Crippen LogP contribution in [-0.4, -0.2) is 52.6 Å². The standard InChI is InChI=1S/C30H48N2O5/c1-8-9-12-31-28(35)32-24-15-29(7)14-21-17(4)10-11-22-19(6)37-27(34)26(33)30(22,36)18(5)20(21)13-23(29)25(24)16(2)3/h10,16,19-26,33,36H,5,8-9,11-15H2,1-4,6-7H3,(H2,31,32,35). The smallest absolute Gasteiger partial charge is 0.338 e. The molecule has 0 bridgehead atoms. The predicted molar refractivity (Wildman–Crippen MR) is 144 cm³/mol. The molecule has 0 aromatic rings. The Morgan fingerprint density at radius 3 is 2.62 bits per heavy atom. The average Bonchev–Trinajstić information content (AvgIpc) is 3.11. The first kappa shape index (κ1) is 28.2. The number of aliphatic hydroxyl groups excluding tert-OH is 1. The number of carbonyl (C=O) groups excluding carboxylic acids is 2. The first-order valence-corrected chi connectivity index (χ1v) is 14.4. The van der Waals surface area contributed by atoms with Crippen LogP contribution in [0.2, 0.25) is 0 Å². The zero-order valence-corrected chi connectivity index (χ0v) is 23.5. The zero-order valence-electron chi connectivity index (χ0n) is 23.5. The van der Waals surface area contributed by atoms with Crippen molar-refractivity contribution in [3.8, 4) is 0 Å². The largest absolute Gasteiger partial charge is 0.460 e. The lowest BCUT2D eigenvalue weighted by molar-refractivity contribution is -0.209. The highest BCUT2D eigenvalue weighted by Crippen LogP contribution is 2.63. The maximum atomic E-state index is 12.7. The van der Waals surface area contributed by atoms with E-state index in [2.05, 4.69) is 57.9 Å². The van der Waals surface area contributed by atoms with Crippen LogP contribution >= 0.6 is 0 Å². The van der Waals surface area contributed by atoms with Crippen LogP contribution in [0.5, 0.6) is 0 Å². The lowest BCUT2D eigenvalue weighted by Gasteiger charge is -2.54. The minimum absolute atomic E-state index is 0.0332. The van der Waals surface area contributed by atoms with Gasteiger partial charge in [-0.3, -0.25) is 0 Å². The SMILES string of the molecule is C=C1C2CC3C(C(C)C)C(NC(=O)NCCCC)CC3(C)CC2C(C)=CCC2C(C)OC(=O)C(O)C12O. The lowest BCUT2D eigenvalue weighted by atomic mass is 9.53. The summed E-state index contributed by atoms with van der Waals surface area (Å²) >= 11 is 0. The Labute approximate surface area is 222 Å². The number of cyclic esters (lactones) is 1. The van der Waals surface area contributed by atoms with E-state index >= 15 is 0 Å². The van der Waals surface area contributed by atoms with Crippen LogP contribution in [-0.2, 0) is 9.53 Å². The molecule has 1 saturated heterocycles. The van der Waals surface area contributed by atoms with Crippen molar-refractivity contribution >= 4 is 12.0 Å². The number of esters is 1. The number of aliphatic hydroxyl groups is 2. The minimum Gasteiger partial charge on any atom is -0.460 e. The minimum atomic E-state index is -1.72. The van der Waals surface area contributed by atoms with Gasteiger partial charge in [0.25, 0.3) is 0 Å². The van der Waals surface area contributed by atoms with Crippen LogP contribution in [0.3, 0.4) is 0 Å². The van der Waals surface area contributed by atoms with Crippen molar-refractivity contribution < 1.29 is 24.5 Å². The van der Waals surface area contributed by atoms with Crippen molar-refractivity contribution in [3.05, 3.63) is 23.8 Å². The number of fused-ring (bicyclic) bond motifs is 3. The lowest BCUT2D eigenvalue weighted by Crippen LogP contribution is -2.63. The Hall–Kier alpha value is -1.86. The summed E-state index contributed by atoms with van der Waals surface area (Å²) in [7, 11) is 0. The average molecular weight is 517 g/mol. The molecule has 0 spiro atoms. The molecule has 208 valence electrons. The molecule has 7 nitrogen and oxygen atoms in total. The van der Waals surface area contributed by atoms with Crippen molar-refractivity contribution in [3.63, 3.8) is 0 Å². The van der Waals surface area contributed by atoms with E-state index in [0.29, 0.717) is 30.4 Å². The van der Waals surface area contributed by atoms with Crippen LogP contribution < -0.4 is 10.6 Å². The fraction of sp³-hybridized carbons (Fsp3) is 0.800. The molecule has 0 radical (unpaired) electrons. The highest BCUT2D eigenvalue weighted by molar-refractivity contribution is 5.78. The highest BCUT2D eigenvalue weighted by atomic mass is 16.6. The van der Waals surface area contributed by atoms with E-state index in [-0.39, 0.29) is 35.2 Å². The number of unbranched alkanes of at least 4 members (excludes halogenated alkanes) is 1. The number of rotatable bonds is 5. The van der Waals surface area contributed by atoms with Crippen molar-refractivity contribution in [2.24, 2.45) is 40.9 Å². The van der Waals surface area contributed by atoms with Gasteiger partial charge < -0.3 is 25.6 Å². The quantitative estimate of drug-likeness (QED) is 0.247. The molecule has 0 aromatic carbocycles. The number of carbonyl (C=O) groups is 2. The first-order valence-electron chi connectivity index (χ1n) is 14.4. The summed E-state index contributed by atoms with van der Waals surface area (Å²) in [6.07, 6.45) is 5.22. The molecule has 10 unspecified atom stereocenters. The molecule has 1 heterocycles. The van der Waals surface area contributed by atoms with Crippen LogP contribution in [0.15, 0.2) is 23.8 Å². The summed E-state index contributed by atoms with van der Waals surface area (Å²) in [6.45, 7) is 18.0. The number of ether oxygens (including phenoxy) is 1. The van der Waals surface area contributed by atoms with Crippen LogP contribution in [0, 0.1) is 40.9 Å². The van der Waals surface area contributed by atoms with Gasteiger partial charge in [-0.25, -0.2) is 9.59 Å². The van der Waals surface area contributed by atoms with Crippen molar-refractivity contribution in [1.29, 1.82) is 0 Å². The number of hydrogen-bond donors (Lipinski definition) is 4. The third-order valence-corrected chi connectivity index (χ3v) is 10.4. The highest BCUT2D eigenvalue weighted by Gasteiger charge is 2.62. The molecule has 3 aliphatic carbocycles. The second-order valence-electron chi connectivity index (χ2n) is 13.0. The molecule has 3 fully saturated rings. The van der Waals surface area contributed by atoms with Gasteiger partial charge in [-0.05, 0) is 86.5 Å². The normalized spacial score (nSPS) is 43.5. The van der Waals surface area contributed by atoms with Crippen LogP contribution in [0.25, 0.3) is 0 Å². The van der Waals surface area contributed by atoms with Gasteiger partial charge in [-0.15, -0.1) is 0 Å². The van der Waals surface area contributed by atoms with Gasteiger partial charge in [0.1, 0.15) is 11.7 Å². The molecule has 10 atom stereocenters. The molecule has 4 aliphatic rings. The van der Waals surface area contributed by atoms with Gasteiger partial charge in [-0.2, -0.15) is 0 Å². The maximum absolute atomic E-state index is 12.7. The Morgan fingerprint density at radius 2 is 1.97 bits per heavy atom. The molecular formula is C30H48N2O5. The summed E-state index contributed by atoms with van der Waals surface area (Å²) in [5, 5.41) is 29.3. The predicted octanol–water partition coefficient (Wildman–Crippen LogP) is 4.34. The Balaban J connectivity index is 1.66. The number of urea groups is 1. The fourth-order valence-electron chi connectivity index (χ4n) is 8.45. The van der Waals surface area contributed by atoms with E-state index in [9.17, 15) is 19.8 Å². The van der Waals surface area contributed by atoms with E-state index in [1.54, 1.807) is 6.92 Å². The zero-order chi connectivity index (χ0) is 27.3. The van der Waals surface area contributed by atoms with Crippen LogP contribution in [0.4, 0.5) is 4.79 Å². The topological polar surface area (TPSA) is 108 Å². The van der Waals surface area contributed by atoms with E-state index in [0.717, 1.165) is 32.1 Å². The third-order valence-electron chi connectivity index (χ3n) is 10.4. The van der Waals surface area contributed by atoms with E-state index < -0.39 is 29.7 Å². The van der Waals surface area contributed by atoms with Crippen molar-refractivity contribution in [1.82, 2.24) is 10.6 Å². The van der Waals surface area contributed by atoms with Crippen LogP contribution in [0.1, 0.15) is 80.1 Å². The molecule has 2 saturated carbocycles. The van der Waals surface area contributed by atoms with Gasteiger partial charge in [0.2, 0.25) is 0 Å². The summed E-state index contributed by atoms with van der Waals surface area (Å²) in [5.41, 5.74) is 0.169. The summed E-state index contributed by atoms with van der Waals surface area (Å²) in [4.78, 5) is 25.3. The van der Waals surface area contributed by atoms with Gasteiger partial charge in [-0.1, -0.05) is 52.3 Å². The number of allylic oxidation sites excluding steroid dienone is 2. The monoisotopic (exact) mass is 516 g/mol. The molecule has 4 rings (SSSR count). The Bertz CT molecular complexity index is 946. The maximum Gasteiger partial charge on any atom is 0.338 e. The summed E-state index contributed by atoms with van der Waals surface area (Å²) in [6, 6.07) is -0.0161.